The van der Waals surface area contributed by atoms with Crippen LogP contribution in [0.5, 0.6) is 0 Å². The lowest BCUT2D eigenvalue weighted by Crippen LogP contribution is -2.42. The Hall–Kier alpha value is -2.15. The molecule has 0 fully saturated rings. The van der Waals surface area contributed by atoms with Crippen molar-refractivity contribution in [3.05, 3.63) is 29.6 Å². The minimum atomic E-state index is -1.21. The summed E-state index contributed by atoms with van der Waals surface area (Å²) in [5.74, 6) is -1.82. The number of carbonyl (C=O) groups is 2. The Balaban J connectivity index is 3.03. The Labute approximate surface area is 141 Å². The molecule has 1 rings (SSSR count). The van der Waals surface area contributed by atoms with E-state index in [4.69, 9.17) is 9.47 Å². The maximum Gasteiger partial charge on any atom is 0.412 e. The van der Waals surface area contributed by atoms with Crippen molar-refractivity contribution in [3.63, 3.8) is 0 Å². The Morgan fingerprint density at radius 3 is 2.21 bits per heavy atom. The molecule has 0 aliphatic carbocycles. The summed E-state index contributed by atoms with van der Waals surface area (Å²) in [6, 6.07) is 4.03. The molecule has 2 N–H and O–H groups in total. The van der Waals surface area contributed by atoms with Crippen molar-refractivity contribution >= 4 is 17.7 Å². The lowest BCUT2D eigenvalue weighted by atomic mass is 9.79. The zero-order chi connectivity index (χ0) is 18.7. The van der Waals surface area contributed by atoms with Crippen LogP contribution in [0.15, 0.2) is 18.2 Å². The highest BCUT2D eigenvalue weighted by molar-refractivity contribution is 5.85. The van der Waals surface area contributed by atoms with E-state index < -0.39 is 35.0 Å². The van der Waals surface area contributed by atoms with E-state index in [0.717, 1.165) is 6.07 Å². The third-order valence-corrected chi connectivity index (χ3v) is 3.42. The van der Waals surface area contributed by atoms with Crippen LogP contribution >= 0.6 is 0 Å². The molecule has 1 atom stereocenters. The van der Waals surface area contributed by atoms with Crippen molar-refractivity contribution < 1.29 is 28.6 Å². The third kappa shape index (κ3) is 4.92. The van der Waals surface area contributed by atoms with Gasteiger partial charge in [0, 0.05) is 18.2 Å². The van der Waals surface area contributed by atoms with Crippen LogP contribution in [0.4, 0.5) is 14.9 Å². The van der Waals surface area contributed by atoms with Gasteiger partial charge in [-0.05, 0) is 38.5 Å². The highest BCUT2D eigenvalue weighted by atomic mass is 19.1. The number of carboxylic acid groups (broad SMARTS) is 1. The molecular weight excluding hydrogens is 317 g/mol. The molecule has 6 nitrogen and oxygen atoms in total. The topological polar surface area (TPSA) is 84.9 Å². The average Bonchev–Trinajstić information content (AvgIpc) is 2.35. The van der Waals surface area contributed by atoms with E-state index in [0.29, 0.717) is 0 Å². The average molecular weight is 341 g/mol. The van der Waals surface area contributed by atoms with Gasteiger partial charge in [0.1, 0.15) is 11.4 Å². The minimum absolute atomic E-state index is 0.173. The Bertz CT molecular complexity index is 622. The highest BCUT2D eigenvalue weighted by Gasteiger charge is 2.38. The molecule has 0 spiro atoms. The van der Waals surface area contributed by atoms with E-state index in [1.54, 1.807) is 34.6 Å². The third-order valence-electron chi connectivity index (χ3n) is 3.42. The van der Waals surface area contributed by atoms with Crippen LogP contribution < -0.4 is 5.32 Å². The van der Waals surface area contributed by atoms with E-state index >= 15 is 0 Å². The van der Waals surface area contributed by atoms with Gasteiger partial charge < -0.3 is 14.6 Å². The van der Waals surface area contributed by atoms with E-state index in [1.165, 1.54) is 19.2 Å². The summed E-state index contributed by atoms with van der Waals surface area (Å²) < 4.78 is 24.5. The number of hydrogen-bond donors (Lipinski definition) is 2. The molecule has 0 aliphatic heterocycles. The zero-order valence-corrected chi connectivity index (χ0v) is 14.8. The van der Waals surface area contributed by atoms with Crippen molar-refractivity contribution in [3.8, 4) is 0 Å². The monoisotopic (exact) mass is 341 g/mol. The molecule has 0 saturated carbocycles. The van der Waals surface area contributed by atoms with E-state index in [-0.39, 0.29) is 11.3 Å². The number of carboxylic acids is 1. The quantitative estimate of drug-likeness (QED) is 0.855. The lowest BCUT2D eigenvalue weighted by Gasteiger charge is -2.31. The number of amides is 1. The summed E-state index contributed by atoms with van der Waals surface area (Å²) >= 11 is 0. The number of carbonyl (C=O) groups excluding carboxylic acids is 1. The van der Waals surface area contributed by atoms with Crippen LogP contribution in [0, 0.1) is 5.82 Å². The van der Waals surface area contributed by atoms with Gasteiger partial charge in [0.05, 0.1) is 0 Å². The minimum Gasteiger partial charge on any atom is -0.479 e. The number of methoxy groups -OCH3 is 1. The van der Waals surface area contributed by atoms with Gasteiger partial charge >= 0.3 is 12.1 Å². The van der Waals surface area contributed by atoms with Gasteiger partial charge in [0.15, 0.2) is 6.10 Å². The number of halogens is 1. The van der Waals surface area contributed by atoms with Crippen LogP contribution in [-0.2, 0) is 19.7 Å². The molecule has 0 heterocycles. The second-order valence-corrected chi connectivity index (χ2v) is 7.00. The van der Waals surface area contributed by atoms with Gasteiger partial charge in [-0.2, -0.15) is 0 Å². The van der Waals surface area contributed by atoms with Gasteiger partial charge in [0.2, 0.25) is 0 Å². The van der Waals surface area contributed by atoms with Crippen LogP contribution in [0.3, 0.4) is 0 Å². The molecule has 1 aromatic carbocycles. The predicted octanol–water partition coefficient (Wildman–Crippen LogP) is 3.55. The molecule has 0 aliphatic rings. The number of nitrogens with one attached hydrogen (secondary N) is 1. The van der Waals surface area contributed by atoms with E-state index in [1.807, 2.05) is 0 Å². The molecule has 1 amide bonds. The fraction of sp³-hybridized carbons (Fsp3) is 0.529. The molecular formula is C17H24FNO5. The smallest absolute Gasteiger partial charge is 0.412 e. The maximum absolute atomic E-state index is 14.5. The largest absolute Gasteiger partial charge is 0.479 e. The summed E-state index contributed by atoms with van der Waals surface area (Å²) in [6.07, 6.45) is -1.91. The summed E-state index contributed by atoms with van der Waals surface area (Å²) in [4.78, 5) is 23.0. The van der Waals surface area contributed by atoms with Crippen molar-refractivity contribution in [1.82, 2.24) is 0 Å². The van der Waals surface area contributed by atoms with Crippen LogP contribution in [0.2, 0.25) is 0 Å². The Morgan fingerprint density at radius 2 is 1.79 bits per heavy atom. The van der Waals surface area contributed by atoms with Crippen LogP contribution in [-0.4, -0.2) is 36.0 Å². The lowest BCUT2D eigenvalue weighted by molar-refractivity contribution is -0.152. The second kappa shape index (κ2) is 7.17. The molecule has 0 bridgehead atoms. The molecule has 134 valence electrons. The summed E-state index contributed by atoms with van der Waals surface area (Å²) in [5.41, 5.74) is -1.38. The van der Waals surface area contributed by atoms with Gasteiger partial charge in [-0.1, -0.05) is 19.9 Å². The van der Waals surface area contributed by atoms with Gasteiger partial charge in [-0.25, -0.2) is 14.0 Å². The van der Waals surface area contributed by atoms with Crippen molar-refractivity contribution in [2.24, 2.45) is 0 Å². The van der Waals surface area contributed by atoms with Gasteiger partial charge in [0.25, 0.3) is 0 Å². The van der Waals surface area contributed by atoms with Crippen molar-refractivity contribution in [1.29, 1.82) is 0 Å². The maximum atomic E-state index is 14.5. The number of benzene rings is 1. The molecule has 1 unspecified atom stereocenters. The fourth-order valence-corrected chi connectivity index (χ4v) is 2.38. The number of aliphatic carboxylic acids is 1. The van der Waals surface area contributed by atoms with Crippen LogP contribution in [0.1, 0.15) is 40.2 Å². The normalized spacial score (nSPS) is 13.3. The first-order chi connectivity index (χ1) is 10.9. The Kier molecular flexibility index (Phi) is 5.94. The SMILES string of the molecule is COC(C(=O)O)C(C)(C)c1ccc(NC(=O)OC(C)(C)C)cc1F. The van der Waals surface area contributed by atoms with Crippen LogP contribution in [0.25, 0.3) is 0 Å². The molecule has 0 saturated heterocycles. The molecule has 0 aromatic heterocycles. The highest BCUT2D eigenvalue weighted by Crippen LogP contribution is 2.32. The predicted molar refractivity (Wildman–Crippen MR) is 87.7 cm³/mol. The molecule has 7 heteroatoms. The first kappa shape index (κ1) is 19.9. The summed E-state index contributed by atoms with van der Waals surface area (Å²) in [7, 11) is 1.26. The number of ether oxygens (including phenoxy) is 2. The Morgan fingerprint density at radius 1 is 1.21 bits per heavy atom. The summed E-state index contributed by atoms with van der Waals surface area (Å²) in [6.45, 7) is 8.31. The first-order valence-corrected chi connectivity index (χ1v) is 7.44. The molecule has 1 aromatic rings. The fourth-order valence-electron chi connectivity index (χ4n) is 2.38. The molecule has 0 radical (unpaired) electrons. The summed E-state index contributed by atoms with van der Waals surface area (Å²) in [5, 5.41) is 11.7. The van der Waals surface area contributed by atoms with Gasteiger partial charge in [-0.15, -0.1) is 0 Å². The number of hydrogen-bond acceptors (Lipinski definition) is 4. The zero-order valence-electron chi connectivity index (χ0n) is 14.8. The number of rotatable bonds is 5. The standard InChI is InChI=1S/C17H24FNO5/c1-16(2,3)24-15(22)19-10-7-8-11(12(18)9-10)17(4,5)13(23-6)14(20)21/h7-9,13H,1-6H3,(H,19,22)(H,20,21). The first-order valence-electron chi connectivity index (χ1n) is 7.44. The molecule has 24 heavy (non-hydrogen) atoms. The second-order valence-electron chi connectivity index (χ2n) is 7.00. The van der Waals surface area contributed by atoms with Gasteiger partial charge in [-0.3, -0.25) is 5.32 Å². The van der Waals surface area contributed by atoms with Crippen molar-refractivity contribution in [2.45, 2.75) is 51.7 Å². The number of anilines is 1. The van der Waals surface area contributed by atoms with E-state index in [9.17, 15) is 19.1 Å². The van der Waals surface area contributed by atoms with Crippen molar-refractivity contribution in [2.75, 3.05) is 12.4 Å². The van der Waals surface area contributed by atoms with E-state index in [2.05, 4.69) is 5.32 Å².